The Hall–Kier alpha value is -4.25. The molecular weight excluding hydrogens is 478 g/mol. The minimum absolute atomic E-state index is 0.124. The molecule has 1 aliphatic heterocycles. The summed E-state index contributed by atoms with van der Waals surface area (Å²) >= 11 is 0. The van der Waals surface area contributed by atoms with Gasteiger partial charge in [-0.05, 0) is 60.9 Å². The minimum Gasteiger partial charge on any atom is -0.330 e. The minimum atomic E-state index is -0.958. The Morgan fingerprint density at radius 2 is 1.82 bits per heavy atom. The third kappa shape index (κ3) is 4.97. The van der Waals surface area contributed by atoms with Crippen LogP contribution in [0.25, 0.3) is 10.8 Å². The molecule has 196 valence electrons. The lowest BCUT2D eigenvalue weighted by molar-refractivity contribution is -0.137. The molecule has 0 spiro atoms. The molecule has 0 saturated heterocycles. The maximum Gasteiger partial charge on any atom is 0.254 e. The fourth-order valence-electron chi connectivity index (χ4n) is 5.14. The second-order valence-electron chi connectivity index (χ2n) is 10.6. The molecule has 1 aromatic heterocycles. The third-order valence-electron chi connectivity index (χ3n) is 7.49. The molecule has 8 nitrogen and oxygen atoms in total. The number of carbonyl (C=O) groups excluding carboxylic acids is 3. The number of amides is 3. The van der Waals surface area contributed by atoms with E-state index in [4.69, 9.17) is 0 Å². The number of benzene rings is 2. The van der Waals surface area contributed by atoms with E-state index in [0.29, 0.717) is 12.0 Å². The lowest BCUT2D eigenvalue weighted by atomic mass is 9.78. The van der Waals surface area contributed by atoms with Crippen LogP contribution < -0.4 is 5.32 Å². The summed E-state index contributed by atoms with van der Waals surface area (Å²) in [7, 11) is 3.20. The first kappa shape index (κ1) is 26.8. The van der Waals surface area contributed by atoms with Crippen molar-refractivity contribution in [2.24, 2.45) is 5.92 Å². The SMILES string of the molecule is CC(C)C[C@@H](C(=O)N(C)[C@H](C#N)C[C@@]1(C)C(=O)Nc2ccccc21)N(C)C(=O)c1ccc2ccncc2c1. The summed E-state index contributed by atoms with van der Waals surface area (Å²) in [6, 6.07) is 15.3. The number of carbonyl (C=O) groups is 3. The number of anilines is 1. The Kier molecular flexibility index (Phi) is 7.49. The number of hydrogen-bond acceptors (Lipinski definition) is 5. The number of likely N-dealkylation sites (N-methyl/N-ethyl adjacent to an activating group) is 2. The fourth-order valence-corrected chi connectivity index (χ4v) is 5.14. The summed E-state index contributed by atoms with van der Waals surface area (Å²) in [6.07, 6.45) is 3.96. The van der Waals surface area contributed by atoms with E-state index in [1.54, 1.807) is 45.5 Å². The van der Waals surface area contributed by atoms with Gasteiger partial charge in [-0.25, -0.2) is 0 Å². The molecule has 0 saturated carbocycles. The van der Waals surface area contributed by atoms with Gasteiger partial charge in [0.25, 0.3) is 5.91 Å². The maximum absolute atomic E-state index is 13.8. The van der Waals surface area contributed by atoms with E-state index in [0.717, 1.165) is 22.0 Å². The van der Waals surface area contributed by atoms with Crippen LogP contribution in [0, 0.1) is 17.2 Å². The number of nitrogens with zero attached hydrogens (tertiary/aromatic N) is 4. The van der Waals surface area contributed by atoms with Crippen LogP contribution in [0.3, 0.4) is 0 Å². The van der Waals surface area contributed by atoms with Gasteiger partial charge in [0.2, 0.25) is 11.8 Å². The average molecular weight is 512 g/mol. The van der Waals surface area contributed by atoms with Crippen molar-refractivity contribution >= 4 is 34.2 Å². The van der Waals surface area contributed by atoms with Gasteiger partial charge in [-0.3, -0.25) is 19.4 Å². The highest BCUT2D eigenvalue weighted by atomic mass is 16.2. The highest BCUT2D eigenvalue weighted by Crippen LogP contribution is 2.41. The lowest BCUT2D eigenvalue weighted by Crippen LogP contribution is -2.52. The number of rotatable bonds is 8. The summed E-state index contributed by atoms with van der Waals surface area (Å²) in [6.45, 7) is 5.78. The second-order valence-corrected chi connectivity index (χ2v) is 10.6. The van der Waals surface area contributed by atoms with Crippen molar-refractivity contribution in [3.8, 4) is 6.07 Å². The number of pyridine rings is 1. The first-order chi connectivity index (χ1) is 18.1. The first-order valence-corrected chi connectivity index (χ1v) is 12.7. The van der Waals surface area contributed by atoms with E-state index < -0.39 is 17.5 Å². The van der Waals surface area contributed by atoms with Crippen LogP contribution in [-0.2, 0) is 15.0 Å². The highest BCUT2D eigenvalue weighted by Gasteiger charge is 2.45. The number of nitriles is 1. The summed E-state index contributed by atoms with van der Waals surface area (Å²) in [4.78, 5) is 47.3. The van der Waals surface area contributed by atoms with Crippen molar-refractivity contribution in [2.75, 3.05) is 19.4 Å². The smallest absolute Gasteiger partial charge is 0.254 e. The van der Waals surface area contributed by atoms with E-state index in [1.807, 2.05) is 50.2 Å². The van der Waals surface area contributed by atoms with Gasteiger partial charge in [0.05, 0.1) is 11.5 Å². The van der Waals surface area contributed by atoms with E-state index in [9.17, 15) is 19.6 Å². The molecule has 4 rings (SSSR count). The number of fused-ring (bicyclic) bond motifs is 2. The highest BCUT2D eigenvalue weighted by molar-refractivity contribution is 6.06. The molecule has 3 amide bonds. The topological polar surface area (TPSA) is 106 Å². The van der Waals surface area contributed by atoms with Crippen molar-refractivity contribution in [1.82, 2.24) is 14.8 Å². The van der Waals surface area contributed by atoms with E-state index in [1.165, 1.54) is 9.80 Å². The molecule has 0 fully saturated rings. The van der Waals surface area contributed by atoms with Gasteiger partial charge in [-0.1, -0.05) is 38.1 Å². The lowest BCUT2D eigenvalue weighted by Gasteiger charge is -2.35. The van der Waals surface area contributed by atoms with Crippen LogP contribution in [0.5, 0.6) is 0 Å². The molecule has 0 unspecified atom stereocenters. The van der Waals surface area contributed by atoms with Crippen LogP contribution in [0.4, 0.5) is 5.69 Å². The van der Waals surface area contributed by atoms with E-state index >= 15 is 0 Å². The number of hydrogen-bond donors (Lipinski definition) is 1. The molecule has 2 heterocycles. The molecule has 3 atom stereocenters. The number of aromatic nitrogens is 1. The van der Waals surface area contributed by atoms with Crippen molar-refractivity contribution in [3.05, 3.63) is 72.1 Å². The van der Waals surface area contributed by atoms with Crippen molar-refractivity contribution in [1.29, 1.82) is 5.26 Å². The fraction of sp³-hybridized carbons (Fsp3) is 0.367. The van der Waals surface area contributed by atoms with Crippen LogP contribution in [0.2, 0.25) is 0 Å². The van der Waals surface area contributed by atoms with Gasteiger partial charge in [-0.2, -0.15) is 5.26 Å². The molecule has 1 aliphatic rings. The molecule has 0 radical (unpaired) electrons. The maximum atomic E-state index is 13.8. The molecule has 2 aromatic carbocycles. The molecule has 0 aliphatic carbocycles. The number of nitrogens with one attached hydrogen (secondary N) is 1. The average Bonchev–Trinajstić information content (AvgIpc) is 3.17. The van der Waals surface area contributed by atoms with Crippen molar-refractivity contribution in [3.63, 3.8) is 0 Å². The molecule has 0 bridgehead atoms. The molecule has 8 heteroatoms. The van der Waals surface area contributed by atoms with Crippen molar-refractivity contribution in [2.45, 2.75) is 51.1 Å². The quantitative estimate of drug-likeness (QED) is 0.483. The summed E-state index contributed by atoms with van der Waals surface area (Å²) in [5, 5.41) is 14.8. The number of para-hydroxylation sites is 1. The Bertz CT molecular complexity index is 1430. The van der Waals surface area contributed by atoms with Gasteiger partial charge >= 0.3 is 0 Å². The summed E-state index contributed by atoms with van der Waals surface area (Å²) in [5.41, 5.74) is 1.03. The van der Waals surface area contributed by atoms with Crippen LogP contribution >= 0.6 is 0 Å². The van der Waals surface area contributed by atoms with Crippen LogP contribution in [-0.4, -0.2) is 58.7 Å². The van der Waals surface area contributed by atoms with Gasteiger partial charge < -0.3 is 15.1 Å². The Labute approximate surface area is 223 Å². The molecular formula is C30H33N5O3. The summed E-state index contributed by atoms with van der Waals surface area (Å²) < 4.78 is 0. The Morgan fingerprint density at radius 3 is 2.53 bits per heavy atom. The monoisotopic (exact) mass is 511 g/mol. The predicted octanol–water partition coefficient (Wildman–Crippen LogP) is 4.37. The van der Waals surface area contributed by atoms with Gasteiger partial charge in [-0.15, -0.1) is 0 Å². The van der Waals surface area contributed by atoms with Gasteiger partial charge in [0.15, 0.2) is 0 Å². The summed E-state index contributed by atoms with van der Waals surface area (Å²) in [5.74, 6) is -0.692. The molecule has 38 heavy (non-hydrogen) atoms. The standard InChI is InChI=1S/C30H33N5O3/c1-19(2)14-26(35(5)27(36)21-11-10-20-12-13-32-18-22(20)15-21)28(37)34(4)23(17-31)16-30(3)24-8-6-7-9-25(24)33-29(30)38/h6-13,15,18-19,23,26H,14,16H2,1-5H3,(H,33,38)/t23-,26-,30+/m0/s1. The first-order valence-electron chi connectivity index (χ1n) is 12.7. The largest absolute Gasteiger partial charge is 0.330 e. The van der Waals surface area contributed by atoms with Gasteiger partial charge in [0.1, 0.15) is 12.1 Å². The van der Waals surface area contributed by atoms with E-state index in [2.05, 4.69) is 16.4 Å². The predicted molar refractivity (Wildman–Crippen MR) is 146 cm³/mol. The van der Waals surface area contributed by atoms with E-state index in [-0.39, 0.29) is 30.1 Å². The van der Waals surface area contributed by atoms with Gasteiger partial charge in [0, 0.05) is 43.1 Å². The molecule has 3 aromatic rings. The van der Waals surface area contributed by atoms with Crippen molar-refractivity contribution < 1.29 is 14.4 Å². The normalized spacial score (nSPS) is 17.9. The zero-order chi connectivity index (χ0) is 27.6. The Balaban J connectivity index is 1.58. The van der Waals surface area contributed by atoms with Crippen LogP contribution in [0.1, 0.15) is 49.5 Å². The zero-order valence-corrected chi connectivity index (χ0v) is 22.4. The van der Waals surface area contributed by atoms with Crippen LogP contribution in [0.15, 0.2) is 60.9 Å². The molecule has 1 N–H and O–H groups in total. The zero-order valence-electron chi connectivity index (χ0n) is 22.4. The Morgan fingerprint density at radius 1 is 1.08 bits per heavy atom. The third-order valence-corrected chi connectivity index (χ3v) is 7.49. The second kappa shape index (κ2) is 10.6.